The fourth-order valence-electron chi connectivity index (χ4n) is 3.84. The van der Waals surface area contributed by atoms with Gasteiger partial charge in [-0.05, 0) is 48.4 Å². The number of imidazole rings is 2. The second kappa shape index (κ2) is 8.78. The predicted octanol–water partition coefficient (Wildman–Crippen LogP) is 4.92. The van der Waals surface area contributed by atoms with E-state index in [1.54, 1.807) is 12.1 Å². The van der Waals surface area contributed by atoms with E-state index < -0.39 is 0 Å². The molecule has 2 N–H and O–H groups in total. The Morgan fingerprint density at radius 3 is 2.73 bits per heavy atom. The molecule has 166 valence electrons. The van der Waals surface area contributed by atoms with E-state index in [-0.39, 0.29) is 17.9 Å². The number of hydrogen-bond donors (Lipinski definition) is 2. The fourth-order valence-corrected chi connectivity index (χ4v) is 3.84. The van der Waals surface area contributed by atoms with Crippen molar-refractivity contribution >= 4 is 22.6 Å². The number of pyridine rings is 1. The number of nitrogens with zero attached hydrogens (tertiary/aromatic N) is 3. The van der Waals surface area contributed by atoms with Crippen LogP contribution in [0.25, 0.3) is 16.7 Å². The minimum atomic E-state index is -0.243. The van der Waals surface area contributed by atoms with Crippen molar-refractivity contribution in [2.75, 3.05) is 0 Å². The van der Waals surface area contributed by atoms with Gasteiger partial charge in [-0.2, -0.15) is 0 Å². The number of aromatic nitrogens is 4. The van der Waals surface area contributed by atoms with E-state index in [1.807, 2.05) is 71.4 Å². The third kappa shape index (κ3) is 4.43. The average molecular weight is 440 g/mol. The molecule has 1 amide bonds. The standard InChI is InChI=1S/C26H25N5O2/c1-17(2)24(25-28-21-10-3-4-11-22(21)29-25)30-26(32)18-8-7-9-20(14-18)33-16-19-15-31-13-6-5-12-23(31)27-19/h3-15,17,24H,16H2,1-2H3,(H,28,29)(H,30,32). The molecule has 1 atom stereocenters. The maximum Gasteiger partial charge on any atom is 0.252 e. The van der Waals surface area contributed by atoms with Crippen LogP contribution in [0.15, 0.2) is 79.1 Å². The molecular formula is C26H25N5O2. The first kappa shape index (κ1) is 20.8. The lowest BCUT2D eigenvalue weighted by molar-refractivity contribution is 0.0923. The number of H-pyrrole nitrogens is 1. The van der Waals surface area contributed by atoms with Crippen LogP contribution in [0.4, 0.5) is 0 Å². The highest BCUT2D eigenvalue weighted by Crippen LogP contribution is 2.23. The van der Waals surface area contributed by atoms with Crippen molar-refractivity contribution < 1.29 is 9.53 Å². The zero-order valence-electron chi connectivity index (χ0n) is 18.5. The molecule has 0 aliphatic carbocycles. The van der Waals surface area contributed by atoms with Gasteiger partial charge in [0.2, 0.25) is 0 Å². The molecule has 0 spiro atoms. The van der Waals surface area contributed by atoms with Gasteiger partial charge in [0.05, 0.1) is 22.8 Å². The van der Waals surface area contributed by atoms with Crippen molar-refractivity contribution in [3.63, 3.8) is 0 Å². The molecule has 0 saturated heterocycles. The lowest BCUT2D eigenvalue weighted by atomic mass is 10.0. The van der Waals surface area contributed by atoms with Crippen molar-refractivity contribution in [1.29, 1.82) is 0 Å². The van der Waals surface area contributed by atoms with Gasteiger partial charge in [-0.1, -0.05) is 38.1 Å². The molecule has 0 fully saturated rings. The summed E-state index contributed by atoms with van der Waals surface area (Å²) < 4.78 is 7.87. The molecule has 0 saturated carbocycles. The largest absolute Gasteiger partial charge is 0.487 e. The Morgan fingerprint density at radius 1 is 1.06 bits per heavy atom. The molecule has 5 rings (SSSR count). The quantitative estimate of drug-likeness (QED) is 0.377. The first-order valence-corrected chi connectivity index (χ1v) is 11.0. The van der Waals surface area contributed by atoms with E-state index in [0.717, 1.165) is 28.2 Å². The summed E-state index contributed by atoms with van der Waals surface area (Å²) in [6.45, 7) is 4.44. The predicted molar refractivity (Wildman–Crippen MR) is 127 cm³/mol. The molecule has 0 aliphatic heterocycles. The number of fused-ring (bicyclic) bond motifs is 2. The van der Waals surface area contributed by atoms with Crippen LogP contribution in [0.5, 0.6) is 5.75 Å². The molecule has 7 nitrogen and oxygen atoms in total. The van der Waals surface area contributed by atoms with E-state index in [0.29, 0.717) is 17.9 Å². The van der Waals surface area contributed by atoms with Gasteiger partial charge < -0.3 is 19.4 Å². The van der Waals surface area contributed by atoms with Gasteiger partial charge in [-0.15, -0.1) is 0 Å². The van der Waals surface area contributed by atoms with Gasteiger partial charge in [0, 0.05) is 18.0 Å². The molecule has 3 heterocycles. The van der Waals surface area contributed by atoms with Crippen LogP contribution in [-0.2, 0) is 6.61 Å². The van der Waals surface area contributed by atoms with Crippen LogP contribution < -0.4 is 10.1 Å². The Bertz CT molecular complexity index is 1350. The highest BCUT2D eigenvalue weighted by Gasteiger charge is 2.22. The Balaban J connectivity index is 1.30. The Kier molecular flexibility index (Phi) is 5.52. The Hall–Kier alpha value is -4.13. The fraction of sp³-hybridized carbons (Fsp3) is 0.192. The maximum atomic E-state index is 13.1. The van der Waals surface area contributed by atoms with Gasteiger partial charge in [-0.3, -0.25) is 4.79 Å². The Labute approximate surface area is 191 Å². The minimum absolute atomic E-state index is 0.156. The molecule has 0 bridgehead atoms. The molecule has 7 heteroatoms. The first-order chi connectivity index (χ1) is 16.1. The number of nitrogens with one attached hydrogen (secondary N) is 2. The van der Waals surface area contributed by atoms with Crippen molar-refractivity contribution in [3.8, 4) is 5.75 Å². The van der Waals surface area contributed by atoms with Crippen LogP contribution in [0.1, 0.15) is 41.8 Å². The van der Waals surface area contributed by atoms with E-state index in [9.17, 15) is 4.79 Å². The van der Waals surface area contributed by atoms with E-state index in [1.165, 1.54) is 0 Å². The van der Waals surface area contributed by atoms with Gasteiger partial charge in [0.25, 0.3) is 5.91 Å². The summed E-state index contributed by atoms with van der Waals surface area (Å²) in [6, 6.07) is 20.7. The van der Waals surface area contributed by atoms with Gasteiger partial charge >= 0.3 is 0 Å². The number of rotatable bonds is 7. The summed E-state index contributed by atoms with van der Waals surface area (Å²) in [4.78, 5) is 25.6. The van der Waals surface area contributed by atoms with Crippen molar-refractivity contribution in [3.05, 3.63) is 96.2 Å². The third-order valence-corrected chi connectivity index (χ3v) is 5.55. The zero-order chi connectivity index (χ0) is 22.8. The highest BCUT2D eigenvalue weighted by atomic mass is 16.5. The minimum Gasteiger partial charge on any atom is -0.487 e. The van der Waals surface area contributed by atoms with E-state index in [2.05, 4.69) is 34.1 Å². The lowest BCUT2D eigenvalue weighted by Crippen LogP contribution is -2.32. The lowest BCUT2D eigenvalue weighted by Gasteiger charge is -2.20. The van der Waals surface area contributed by atoms with Crippen molar-refractivity contribution in [1.82, 2.24) is 24.7 Å². The van der Waals surface area contributed by atoms with Gasteiger partial charge in [0.1, 0.15) is 23.8 Å². The van der Waals surface area contributed by atoms with Crippen LogP contribution in [0.3, 0.4) is 0 Å². The number of carbonyl (C=O) groups excluding carboxylic acids is 1. The molecule has 3 aromatic heterocycles. The summed E-state index contributed by atoms with van der Waals surface area (Å²) in [5.74, 6) is 1.35. The molecule has 0 aliphatic rings. The average Bonchev–Trinajstić information content (AvgIpc) is 3.44. The second-order valence-electron chi connectivity index (χ2n) is 8.35. The normalized spacial score (nSPS) is 12.3. The summed E-state index contributed by atoms with van der Waals surface area (Å²) in [5, 5.41) is 3.12. The topological polar surface area (TPSA) is 84.3 Å². The molecule has 1 unspecified atom stereocenters. The summed E-state index contributed by atoms with van der Waals surface area (Å²) in [6.07, 6.45) is 3.89. The highest BCUT2D eigenvalue weighted by molar-refractivity contribution is 5.94. The zero-order valence-corrected chi connectivity index (χ0v) is 18.5. The molecular weight excluding hydrogens is 414 g/mol. The number of aromatic amines is 1. The van der Waals surface area contributed by atoms with Crippen molar-refractivity contribution in [2.24, 2.45) is 5.92 Å². The number of carbonyl (C=O) groups is 1. The smallest absolute Gasteiger partial charge is 0.252 e. The first-order valence-electron chi connectivity index (χ1n) is 11.0. The Morgan fingerprint density at radius 2 is 1.91 bits per heavy atom. The number of amides is 1. The number of benzene rings is 2. The summed E-state index contributed by atoms with van der Waals surface area (Å²) in [5.41, 5.74) is 4.06. The van der Waals surface area contributed by atoms with Crippen LogP contribution in [0, 0.1) is 5.92 Å². The number of para-hydroxylation sites is 2. The second-order valence-corrected chi connectivity index (χ2v) is 8.35. The molecule has 2 aromatic carbocycles. The van der Waals surface area contributed by atoms with E-state index in [4.69, 9.17) is 4.74 Å². The van der Waals surface area contributed by atoms with Gasteiger partial charge in [0.15, 0.2) is 0 Å². The van der Waals surface area contributed by atoms with Gasteiger partial charge in [-0.25, -0.2) is 9.97 Å². The third-order valence-electron chi connectivity index (χ3n) is 5.55. The molecule has 33 heavy (non-hydrogen) atoms. The monoisotopic (exact) mass is 439 g/mol. The molecule has 0 radical (unpaired) electrons. The number of hydrogen-bond acceptors (Lipinski definition) is 4. The maximum absolute atomic E-state index is 13.1. The van der Waals surface area contributed by atoms with Crippen LogP contribution in [0.2, 0.25) is 0 Å². The van der Waals surface area contributed by atoms with Crippen LogP contribution in [-0.4, -0.2) is 25.3 Å². The molecule has 5 aromatic rings. The SMILES string of the molecule is CC(C)C(NC(=O)c1cccc(OCc2cn3ccccc3n2)c1)c1nc2ccccc2[nH]1. The summed E-state index contributed by atoms with van der Waals surface area (Å²) in [7, 11) is 0. The number of ether oxygens (including phenoxy) is 1. The van der Waals surface area contributed by atoms with E-state index >= 15 is 0 Å². The summed E-state index contributed by atoms with van der Waals surface area (Å²) >= 11 is 0. The van der Waals surface area contributed by atoms with Crippen LogP contribution >= 0.6 is 0 Å². The van der Waals surface area contributed by atoms with Crippen molar-refractivity contribution in [2.45, 2.75) is 26.5 Å².